The predicted molar refractivity (Wildman–Crippen MR) is 86.2 cm³/mol. The summed E-state index contributed by atoms with van der Waals surface area (Å²) in [6.45, 7) is 1.20. The van der Waals surface area contributed by atoms with Gasteiger partial charge in [0.1, 0.15) is 0 Å². The molecule has 1 saturated heterocycles. The molecule has 0 aromatic heterocycles. The van der Waals surface area contributed by atoms with E-state index in [0.717, 1.165) is 5.56 Å². The number of aliphatic carboxylic acids is 1. The lowest BCUT2D eigenvalue weighted by Gasteiger charge is -2.34. The second kappa shape index (κ2) is 8.41. The first-order valence-corrected chi connectivity index (χ1v) is 8.50. The number of rotatable bonds is 6. The average Bonchev–Trinajstić information content (AvgIpc) is 2.47. The number of nitrogens with zero attached hydrogens (tertiary/aromatic N) is 1. The van der Waals surface area contributed by atoms with Crippen molar-refractivity contribution >= 4 is 35.2 Å². The highest BCUT2D eigenvalue weighted by atomic mass is 35.5. The molecule has 0 spiro atoms. The fourth-order valence-corrected chi connectivity index (χ4v) is 3.39. The molecule has 1 unspecified atom stereocenters. The number of benzene rings is 1. The number of carbonyl (C=O) groups is 2. The summed E-state index contributed by atoms with van der Waals surface area (Å²) >= 11 is 7.42. The van der Waals surface area contributed by atoms with E-state index in [-0.39, 0.29) is 25.0 Å². The number of morpholine rings is 1. The topological polar surface area (TPSA) is 66.8 Å². The first-order chi connectivity index (χ1) is 10.6. The molecule has 0 saturated carbocycles. The fraction of sp³-hybridized carbons (Fsp3) is 0.467. The molecule has 1 aromatic rings. The number of carboxylic acids is 1. The molecule has 7 heteroatoms. The van der Waals surface area contributed by atoms with Gasteiger partial charge in [-0.05, 0) is 17.7 Å². The Balaban J connectivity index is 1.83. The van der Waals surface area contributed by atoms with Gasteiger partial charge in [-0.25, -0.2) is 0 Å². The summed E-state index contributed by atoms with van der Waals surface area (Å²) in [7, 11) is 0. The van der Waals surface area contributed by atoms with Gasteiger partial charge in [0.25, 0.3) is 0 Å². The number of ether oxygens (including phenoxy) is 1. The van der Waals surface area contributed by atoms with E-state index < -0.39 is 5.97 Å². The van der Waals surface area contributed by atoms with Crippen molar-refractivity contribution in [2.24, 2.45) is 0 Å². The van der Waals surface area contributed by atoms with Crippen molar-refractivity contribution in [1.29, 1.82) is 0 Å². The molecule has 1 atom stereocenters. The van der Waals surface area contributed by atoms with Gasteiger partial charge in [-0.3, -0.25) is 9.59 Å². The molecule has 22 heavy (non-hydrogen) atoms. The molecule has 1 N–H and O–H groups in total. The number of carbonyl (C=O) groups excluding carboxylic acids is 1. The second-order valence-electron chi connectivity index (χ2n) is 5.04. The van der Waals surface area contributed by atoms with E-state index in [1.54, 1.807) is 4.90 Å². The van der Waals surface area contributed by atoms with Crippen LogP contribution in [0.25, 0.3) is 0 Å². The molecule has 1 amide bonds. The van der Waals surface area contributed by atoms with Crippen molar-refractivity contribution in [2.75, 3.05) is 25.5 Å². The summed E-state index contributed by atoms with van der Waals surface area (Å²) in [4.78, 5) is 24.8. The lowest BCUT2D eigenvalue weighted by Crippen LogP contribution is -2.50. The third kappa shape index (κ3) is 5.19. The molecule has 5 nitrogen and oxygen atoms in total. The van der Waals surface area contributed by atoms with Gasteiger partial charge in [0.15, 0.2) is 0 Å². The Morgan fingerprint density at radius 1 is 1.45 bits per heavy atom. The van der Waals surface area contributed by atoms with Crippen LogP contribution in [0, 0.1) is 0 Å². The van der Waals surface area contributed by atoms with Crippen LogP contribution in [-0.4, -0.2) is 53.4 Å². The molecular weight excluding hydrogens is 326 g/mol. The minimum Gasteiger partial charge on any atom is -0.481 e. The van der Waals surface area contributed by atoms with Crippen molar-refractivity contribution in [2.45, 2.75) is 18.2 Å². The van der Waals surface area contributed by atoms with Gasteiger partial charge in [0.2, 0.25) is 5.91 Å². The molecule has 1 aliphatic heterocycles. The van der Waals surface area contributed by atoms with Crippen molar-refractivity contribution < 1.29 is 19.4 Å². The predicted octanol–water partition coefficient (Wildman–Crippen LogP) is 2.28. The van der Waals surface area contributed by atoms with E-state index in [1.807, 2.05) is 24.3 Å². The van der Waals surface area contributed by atoms with Crippen molar-refractivity contribution in [3.63, 3.8) is 0 Å². The molecule has 0 radical (unpaired) electrons. The maximum atomic E-state index is 12.3. The van der Waals surface area contributed by atoms with E-state index in [0.29, 0.717) is 29.7 Å². The highest BCUT2D eigenvalue weighted by molar-refractivity contribution is 7.99. The van der Waals surface area contributed by atoms with E-state index in [2.05, 4.69) is 0 Å². The Morgan fingerprint density at radius 3 is 3.00 bits per heavy atom. The quantitative estimate of drug-likeness (QED) is 0.858. The monoisotopic (exact) mass is 343 g/mol. The third-order valence-electron chi connectivity index (χ3n) is 3.34. The first-order valence-electron chi connectivity index (χ1n) is 6.97. The molecule has 2 rings (SSSR count). The average molecular weight is 344 g/mol. The van der Waals surface area contributed by atoms with Crippen LogP contribution in [0.3, 0.4) is 0 Å². The lowest BCUT2D eigenvalue weighted by molar-refractivity contribution is -0.144. The van der Waals surface area contributed by atoms with Crippen LogP contribution in [0.4, 0.5) is 0 Å². The van der Waals surface area contributed by atoms with Crippen LogP contribution >= 0.6 is 23.4 Å². The molecule has 120 valence electrons. The van der Waals surface area contributed by atoms with E-state index in [1.165, 1.54) is 11.8 Å². The normalized spacial score (nSPS) is 18.2. The van der Waals surface area contributed by atoms with Gasteiger partial charge in [-0.15, -0.1) is 11.8 Å². The Kier molecular flexibility index (Phi) is 6.54. The molecule has 0 bridgehead atoms. The highest BCUT2D eigenvalue weighted by Crippen LogP contribution is 2.18. The molecule has 1 heterocycles. The van der Waals surface area contributed by atoms with E-state index in [4.69, 9.17) is 21.4 Å². The number of amides is 1. The van der Waals surface area contributed by atoms with Crippen molar-refractivity contribution in [3.05, 3.63) is 34.9 Å². The number of hydrogen-bond acceptors (Lipinski definition) is 4. The Labute approximate surface area is 138 Å². The SMILES string of the molecule is O=C(O)CC1COCCN1C(=O)CSCc1cccc(Cl)c1. The zero-order valence-corrected chi connectivity index (χ0v) is 13.6. The van der Waals surface area contributed by atoms with Crippen LogP contribution in [0.2, 0.25) is 5.02 Å². The Hall–Kier alpha value is -1.24. The third-order valence-corrected chi connectivity index (χ3v) is 4.57. The second-order valence-corrected chi connectivity index (χ2v) is 6.46. The summed E-state index contributed by atoms with van der Waals surface area (Å²) in [5.74, 6) is 0.0598. The number of carboxylic acid groups (broad SMARTS) is 1. The van der Waals surface area contributed by atoms with Crippen LogP contribution in [0.15, 0.2) is 24.3 Å². The van der Waals surface area contributed by atoms with Gasteiger partial charge in [0.05, 0.1) is 31.4 Å². The van der Waals surface area contributed by atoms with Crippen molar-refractivity contribution in [3.8, 4) is 0 Å². The van der Waals surface area contributed by atoms with E-state index in [9.17, 15) is 9.59 Å². The number of thioether (sulfide) groups is 1. The van der Waals surface area contributed by atoms with Crippen LogP contribution in [0.1, 0.15) is 12.0 Å². The lowest BCUT2D eigenvalue weighted by atomic mass is 10.1. The van der Waals surface area contributed by atoms with Gasteiger partial charge >= 0.3 is 5.97 Å². The van der Waals surface area contributed by atoms with Gasteiger partial charge < -0.3 is 14.7 Å². The fourth-order valence-electron chi connectivity index (χ4n) is 2.32. The summed E-state index contributed by atoms with van der Waals surface area (Å²) < 4.78 is 5.27. The van der Waals surface area contributed by atoms with Gasteiger partial charge in [0, 0.05) is 17.3 Å². The molecule has 1 aliphatic rings. The zero-order valence-electron chi connectivity index (χ0n) is 12.0. The Morgan fingerprint density at radius 2 is 2.27 bits per heavy atom. The standard InChI is InChI=1S/C15H18ClNO4S/c16-12-3-1-2-11(6-12)9-22-10-14(18)17-4-5-21-8-13(17)7-15(19)20/h1-3,6,13H,4-5,7-10H2,(H,19,20). The molecule has 0 aliphatic carbocycles. The molecular formula is C15H18ClNO4S. The van der Waals surface area contributed by atoms with Gasteiger partial charge in [-0.1, -0.05) is 23.7 Å². The maximum absolute atomic E-state index is 12.3. The smallest absolute Gasteiger partial charge is 0.305 e. The highest BCUT2D eigenvalue weighted by Gasteiger charge is 2.28. The molecule has 1 fully saturated rings. The van der Waals surface area contributed by atoms with Crippen molar-refractivity contribution in [1.82, 2.24) is 4.90 Å². The van der Waals surface area contributed by atoms with Crippen LogP contribution in [0.5, 0.6) is 0 Å². The largest absolute Gasteiger partial charge is 0.481 e. The minimum atomic E-state index is -0.917. The number of halogens is 1. The Bertz CT molecular complexity index is 540. The zero-order chi connectivity index (χ0) is 15.9. The summed E-state index contributed by atoms with van der Waals surface area (Å²) in [6, 6.07) is 7.16. The summed E-state index contributed by atoms with van der Waals surface area (Å²) in [5.41, 5.74) is 1.06. The van der Waals surface area contributed by atoms with Gasteiger partial charge in [-0.2, -0.15) is 0 Å². The molecule has 1 aromatic carbocycles. The van der Waals surface area contributed by atoms with Crippen LogP contribution < -0.4 is 0 Å². The van der Waals surface area contributed by atoms with E-state index >= 15 is 0 Å². The summed E-state index contributed by atoms with van der Waals surface area (Å²) in [6.07, 6.45) is -0.0787. The summed E-state index contributed by atoms with van der Waals surface area (Å²) in [5, 5.41) is 9.58. The minimum absolute atomic E-state index is 0.0402. The first kappa shape index (κ1) is 17.1. The van der Waals surface area contributed by atoms with Crippen LogP contribution in [-0.2, 0) is 20.1 Å². The maximum Gasteiger partial charge on any atom is 0.305 e. The number of hydrogen-bond donors (Lipinski definition) is 1.